The van der Waals surface area contributed by atoms with Crippen molar-refractivity contribution < 1.29 is 22.8 Å². The van der Waals surface area contributed by atoms with Crippen LogP contribution in [0, 0.1) is 0 Å². The lowest BCUT2D eigenvalue weighted by Gasteiger charge is -2.08. The molecule has 0 atom stereocenters. The van der Waals surface area contributed by atoms with Gasteiger partial charge in [0.25, 0.3) is 0 Å². The van der Waals surface area contributed by atoms with Gasteiger partial charge in [-0.05, 0) is 12.5 Å². The van der Waals surface area contributed by atoms with Gasteiger partial charge in [0.05, 0.1) is 0 Å². The number of carbonyl (C=O) groups excluding carboxylic acids is 2. The summed E-state index contributed by atoms with van der Waals surface area (Å²) < 4.78 is 37.0. The van der Waals surface area contributed by atoms with E-state index in [2.05, 4.69) is 0 Å². The maximum atomic E-state index is 11.9. The number of amides is 1. The molecule has 106 valence electrons. The number of rotatable bonds is 6. The van der Waals surface area contributed by atoms with Crippen molar-refractivity contribution in [3.05, 3.63) is 24.0 Å². The van der Waals surface area contributed by atoms with E-state index in [1.807, 2.05) is 6.92 Å². The zero-order valence-corrected chi connectivity index (χ0v) is 10.5. The first-order valence-corrected chi connectivity index (χ1v) is 5.84. The molecule has 1 aromatic rings. The number of Topliss-reactive ketones (excluding diaryl/α,β-unsaturated/α-hetero) is 1. The van der Waals surface area contributed by atoms with E-state index in [1.54, 1.807) is 11.4 Å². The molecular weight excluding hydrogens is 261 g/mol. The zero-order chi connectivity index (χ0) is 14.5. The fraction of sp³-hybridized carbons (Fsp3) is 0.500. The summed E-state index contributed by atoms with van der Waals surface area (Å²) in [5.74, 6) is -0.792. The molecule has 1 amide bonds. The predicted molar refractivity (Wildman–Crippen MR) is 62.7 cm³/mol. The van der Waals surface area contributed by atoms with Gasteiger partial charge in [0.2, 0.25) is 5.91 Å². The van der Waals surface area contributed by atoms with E-state index in [0.29, 0.717) is 12.0 Å². The minimum absolute atomic E-state index is 0.0445. The standard InChI is InChI=1S/C12H15F3N2O2/c1-2-3-10(18)9-4-5-17(6-9)7-11(19)16-8-12(13,14)15/h4-6H,2-3,7-8H2,1H3,(H,16,19). The summed E-state index contributed by atoms with van der Waals surface area (Å²) in [6.07, 6.45) is -0.337. The van der Waals surface area contributed by atoms with E-state index in [9.17, 15) is 22.8 Å². The normalized spacial score (nSPS) is 11.4. The second-order valence-corrected chi connectivity index (χ2v) is 4.14. The molecule has 0 radical (unpaired) electrons. The zero-order valence-electron chi connectivity index (χ0n) is 10.5. The maximum Gasteiger partial charge on any atom is 0.405 e. The molecule has 0 saturated heterocycles. The number of aromatic nitrogens is 1. The third-order valence-electron chi connectivity index (χ3n) is 2.36. The van der Waals surface area contributed by atoms with E-state index in [1.165, 1.54) is 17.0 Å². The van der Waals surface area contributed by atoms with Gasteiger partial charge in [-0.1, -0.05) is 6.92 Å². The second-order valence-electron chi connectivity index (χ2n) is 4.14. The van der Waals surface area contributed by atoms with Gasteiger partial charge < -0.3 is 9.88 Å². The van der Waals surface area contributed by atoms with E-state index in [0.717, 1.165) is 6.42 Å². The van der Waals surface area contributed by atoms with Crippen LogP contribution in [0.5, 0.6) is 0 Å². The molecule has 19 heavy (non-hydrogen) atoms. The highest BCUT2D eigenvalue weighted by atomic mass is 19.4. The SMILES string of the molecule is CCCC(=O)c1ccn(CC(=O)NCC(F)(F)F)c1. The van der Waals surface area contributed by atoms with E-state index >= 15 is 0 Å². The number of ketones is 1. The van der Waals surface area contributed by atoms with Crippen LogP contribution < -0.4 is 5.32 Å². The first kappa shape index (κ1) is 15.3. The lowest BCUT2D eigenvalue weighted by molar-refractivity contribution is -0.138. The van der Waals surface area contributed by atoms with Gasteiger partial charge in [0, 0.05) is 24.4 Å². The number of halogens is 3. The lowest BCUT2D eigenvalue weighted by atomic mass is 10.1. The van der Waals surface area contributed by atoms with Gasteiger partial charge in [0.1, 0.15) is 13.1 Å². The summed E-state index contributed by atoms with van der Waals surface area (Å²) in [4.78, 5) is 22.8. The molecule has 0 fully saturated rings. The third-order valence-corrected chi connectivity index (χ3v) is 2.36. The summed E-state index contributed by atoms with van der Waals surface area (Å²) >= 11 is 0. The Morgan fingerprint density at radius 1 is 1.37 bits per heavy atom. The molecular formula is C12H15F3N2O2. The lowest BCUT2D eigenvalue weighted by Crippen LogP contribution is -2.35. The van der Waals surface area contributed by atoms with Crippen LogP contribution in [-0.4, -0.2) is 29.0 Å². The fourth-order valence-electron chi connectivity index (χ4n) is 1.50. The predicted octanol–water partition coefficient (Wildman–Crippen LogP) is 2.15. The summed E-state index contributed by atoms with van der Waals surface area (Å²) in [5, 5.41) is 1.77. The average molecular weight is 276 g/mol. The average Bonchev–Trinajstić information content (AvgIpc) is 2.74. The Morgan fingerprint density at radius 3 is 2.63 bits per heavy atom. The maximum absolute atomic E-state index is 11.9. The molecule has 0 bridgehead atoms. The van der Waals surface area contributed by atoms with Crippen LogP contribution in [0.1, 0.15) is 30.1 Å². The number of carbonyl (C=O) groups is 2. The first-order valence-electron chi connectivity index (χ1n) is 5.84. The van der Waals surface area contributed by atoms with Crippen LogP contribution in [0.15, 0.2) is 18.5 Å². The Labute approximate surface area is 108 Å². The van der Waals surface area contributed by atoms with E-state index in [-0.39, 0.29) is 12.3 Å². The summed E-state index contributed by atoms with van der Waals surface area (Å²) in [7, 11) is 0. The van der Waals surface area contributed by atoms with Crippen molar-refractivity contribution in [3.8, 4) is 0 Å². The molecule has 0 aliphatic rings. The van der Waals surface area contributed by atoms with Crippen molar-refractivity contribution in [2.75, 3.05) is 6.54 Å². The number of hydrogen-bond donors (Lipinski definition) is 1. The van der Waals surface area contributed by atoms with Gasteiger partial charge in [-0.2, -0.15) is 13.2 Å². The minimum Gasteiger partial charge on any atom is -0.345 e. The monoisotopic (exact) mass is 276 g/mol. The van der Waals surface area contributed by atoms with E-state index < -0.39 is 18.6 Å². The molecule has 1 heterocycles. The van der Waals surface area contributed by atoms with Crippen molar-refractivity contribution in [3.63, 3.8) is 0 Å². The van der Waals surface area contributed by atoms with Crippen LogP contribution in [-0.2, 0) is 11.3 Å². The highest BCUT2D eigenvalue weighted by molar-refractivity contribution is 5.95. The van der Waals surface area contributed by atoms with Crippen molar-refractivity contribution in [2.45, 2.75) is 32.5 Å². The first-order chi connectivity index (χ1) is 8.81. The smallest absolute Gasteiger partial charge is 0.345 e. The Kier molecular flexibility index (Phi) is 5.14. The van der Waals surface area contributed by atoms with Gasteiger partial charge in [-0.25, -0.2) is 0 Å². The molecule has 0 aliphatic heterocycles. The highest BCUT2D eigenvalue weighted by Crippen LogP contribution is 2.12. The second kappa shape index (κ2) is 6.40. The van der Waals surface area contributed by atoms with Crippen molar-refractivity contribution in [1.29, 1.82) is 0 Å². The Hall–Kier alpha value is -1.79. The van der Waals surface area contributed by atoms with Gasteiger partial charge in [-0.3, -0.25) is 9.59 Å². The van der Waals surface area contributed by atoms with Crippen molar-refractivity contribution in [1.82, 2.24) is 9.88 Å². The molecule has 0 aliphatic carbocycles. The molecule has 1 aromatic heterocycles. The molecule has 1 rings (SSSR count). The summed E-state index contributed by atoms with van der Waals surface area (Å²) in [6, 6.07) is 1.55. The fourth-order valence-corrected chi connectivity index (χ4v) is 1.50. The van der Waals surface area contributed by atoms with Crippen LogP contribution in [0.3, 0.4) is 0 Å². The van der Waals surface area contributed by atoms with Gasteiger partial charge in [-0.15, -0.1) is 0 Å². The Balaban J connectivity index is 2.49. The molecule has 1 N–H and O–H groups in total. The minimum atomic E-state index is -4.42. The molecule has 7 heteroatoms. The molecule has 0 spiro atoms. The molecule has 0 aromatic carbocycles. The molecule has 4 nitrogen and oxygen atoms in total. The van der Waals surface area contributed by atoms with Crippen LogP contribution >= 0.6 is 0 Å². The van der Waals surface area contributed by atoms with Crippen LogP contribution in [0.2, 0.25) is 0 Å². The number of nitrogens with one attached hydrogen (secondary N) is 1. The van der Waals surface area contributed by atoms with Crippen molar-refractivity contribution in [2.24, 2.45) is 0 Å². The summed E-state index contributed by atoms with van der Waals surface area (Å²) in [5.41, 5.74) is 0.463. The Bertz CT molecular complexity index is 452. The van der Waals surface area contributed by atoms with Crippen LogP contribution in [0.4, 0.5) is 13.2 Å². The number of hydrogen-bond acceptors (Lipinski definition) is 2. The number of alkyl halides is 3. The van der Waals surface area contributed by atoms with Gasteiger partial charge >= 0.3 is 6.18 Å². The molecule has 0 saturated carbocycles. The van der Waals surface area contributed by atoms with Crippen molar-refractivity contribution >= 4 is 11.7 Å². The largest absolute Gasteiger partial charge is 0.405 e. The quantitative estimate of drug-likeness (QED) is 0.809. The number of nitrogens with zero attached hydrogens (tertiary/aromatic N) is 1. The highest BCUT2D eigenvalue weighted by Gasteiger charge is 2.27. The third kappa shape index (κ3) is 5.58. The Morgan fingerprint density at radius 2 is 2.05 bits per heavy atom. The summed E-state index contributed by atoms with van der Waals surface area (Å²) in [6.45, 7) is 0.281. The molecule has 0 unspecified atom stereocenters. The topological polar surface area (TPSA) is 51.1 Å². The van der Waals surface area contributed by atoms with Crippen LogP contribution in [0.25, 0.3) is 0 Å². The van der Waals surface area contributed by atoms with Gasteiger partial charge in [0.15, 0.2) is 5.78 Å². The van der Waals surface area contributed by atoms with E-state index in [4.69, 9.17) is 0 Å².